The lowest BCUT2D eigenvalue weighted by atomic mass is 9.89. The zero-order valence-electron chi connectivity index (χ0n) is 14.6. The van der Waals surface area contributed by atoms with Crippen LogP contribution in [0.25, 0.3) is 10.8 Å². The maximum atomic E-state index is 12.9. The highest BCUT2D eigenvalue weighted by Gasteiger charge is 2.36. The number of carbonyl (C=O) groups excluding carboxylic acids is 1. The molecule has 0 spiro atoms. The van der Waals surface area contributed by atoms with E-state index in [-0.39, 0.29) is 11.4 Å². The Morgan fingerprint density at radius 2 is 2.04 bits per heavy atom. The maximum Gasteiger partial charge on any atom is 0.265 e. The predicted octanol–water partition coefficient (Wildman–Crippen LogP) is 3.03. The lowest BCUT2D eigenvalue weighted by Gasteiger charge is -2.20. The van der Waals surface area contributed by atoms with Crippen molar-refractivity contribution in [2.24, 2.45) is 11.0 Å². The second-order valence-corrected chi connectivity index (χ2v) is 8.89. The number of rotatable bonds is 3. The molecule has 2 aromatic carbocycles. The van der Waals surface area contributed by atoms with Crippen molar-refractivity contribution in [1.82, 2.24) is 5.43 Å². The molecule has 1 amide bonds. The molecule has 1 aliphatic carbocycles. The Morgan fingerprint density at radius 3 is 2.81 bits per heavy atom. The van der Waals surface area contributed by atoms with Crippen LogP contribution in [0.15, 0.2) is 46.4 Å². The van der Waals surface area contributed by atoms with Crippen molar-refractivity contribution in [2.75, 3.05) is 10.8 Å². The van der Waals surface area contributed by atoms with Crippen molar-refractivity contribution in [3.8, 4) is 0 Å². The Hall–Kier alpha value is -2.41. The molecule has 1 N–H and O–H groups in total. The van der Waals surface area contributed by atoms with Gasteiger partial charge in [-0.3, -0.25) is 9.10 Å². The fraction of sp³-hybridized carbons (Fsp3) is 0.368. The standard InChI is InChI=1S/C19H21N3O3S/c1-13-5-2-8-15(11-13)20-21-18(23)12-22-16-9-3-6-14-7-4-10-17(19(14)16)26(22,24)25/h3-4,6-7,9-10,13H,2,5,8,11-12H2,1H3,(H,21,23)/b20-15+/t13-/m0/s1. The van der Waals surface area contributed by atoms with Gasteiger partial charge in [0.15, 0.2) is 0 Å². The number of sulfonamides is 1. The van der Waals surface area contributed by atoms with Crippen LogP contribution in [-0.2, 0) is 14.8 Å². The largest absolute Gasteiger partial charge is 0.271 e. The molecule has 2 aliphatic rings. The van der Waals surface area contributed by atoms with Crippen molar-refractivity contribution in [1.29, 1.82) is 0 Å². The second kappa shape index (κ2) is 6.39. The Kier molecular flexibility index (Phi) is 4.19. The summed E-state index contributed by atoms with van der Waals surface area (Å²) >= 11 is 0. The number of anilines is 1. The summed E-state index contributed by atoms with van der Waals surface area (Å²) in [7, 11) is -3.72. The van der Waals surface area contributed by atoms with E-state index in [1.807, 2.05) is 12.1 Å². The highest BCUT2D eigenvalue weighted by molar-refractivity contribution is 7.93. The molecule has 1 atom stereocenters. The number of carbonyl (C=O) groups is 1. The van der Waals surface area contributed by atoms with Gasteiger partial charge in [0.25, 0.3) is 15.9 Å². The van der Waals surface area contributed by atoms with Crippen LogP contribution in [0, 0.1) is 5.92 Å². The van der Waals surface area contributed by atoms with Gasteiger partial charge in [-0.05, 0) is 49.1 Å². The zero-order chi connectivity index (χ0) is 18.3. The van der Waals surface area contributed by atoms with Crippen LogP contribution < -0.4 is 9.73 Å². The number of hydrogen-bond donors (Lipinski definition) is 1. The van der Waals surface area contributed by atoms with Crippen LogP contribution in [0.1, 0.15) is 32.6 Å². The SMILES string of the molecule is C[C@H]1CCC/C(=N\NC(=O)CN2c3cccc4cccc(c34)S2(=O)=O)C1. The van der Waals surface area contributed by atoms with Gasteiger partial charge in [-0.1, -0.05) is 31.2 Å². The molecule has 0 saturated heterocycles. The van der Waals surface area contributed by atoms with Crippen molar-refractivity contribution in [3.05, 3.63) is 36.4 Å². The van der Waals surface area contributed by atoms with Gasteiger partial charge in [-0.25, -0.2) is 13.8 Å². The van der Waals surface area contributed by atoms with Crippen LogP contribution in [0.5, 0.6) is 0 Å². The summed E-state index contributed by atoms with van der Waals surface area (Å²) < 4.78 is 26.9. The molecule has 0 bridgehead atoms. The van der Waals surface area contributed by atoms with E-state index in [1.165, 1.54) is 10.7 Å². The smallest absolute Gasteiger partial charge is 0.265 e. The number of benzene rings is 2. The van der Waals surface area contributed by atoms with Gasteiger partial charge in [-0.15, -0.1) is 0 Å². The summed E-state index contributed by atoms with van der Waals surface area (Å²) in [6, 6.07) is 10.6. The summed E-state index contributed by atoms with van der Waals surface area (Å²) in [6.07, 6.45) is 4.03. The van der Waals surface area contributed by atoms with Crippen molar-refractivity contribution in [2.45, 2.75) is 37.5 Å². The average Bonchev–Trinajstić information content (AvgIpc) is 2.84. The number of hydrogen-bond acceptors (Lipinski definition) is 4. The van der Waals surface area contributed by atoms with Crippen LogP contribution in [-0.4, -0.2) is 26.6 Å². The van der Waals surface area contributed by atoms with E-state index in [0.29, 0.717) is 17.0 Å². The van der Waals surface area contributed by atoms with Crippen molar-refractivity contribution < 1.29 is 13.2 Å². The molecule has 1 heterocycles. The topological polar surface area (TPSA) is 78.8 Å². The summed E-state index contributed by atoms with van der Waals surface area (Å²) in [5.74, 6) is 0.148. The summed E-state index contributed by atoms with van der Waals surface area (Å²) in [5.41, 5.74) is 4.07. The molecule has 0 aromatic heterocycles. The van der Waals surface area contributed by atoms with E-state index < -0.39 is 15.9 Å². The summed E-state index contributed by atoms with van der Waals surface area (Å²) in [6.45, 7) is 1.90. The summed E-state index contributed by atoms with van der Waals surface area (Å²) in [5, 5.41) is 5.74. The fourth-order valence-corrected chi connectivity index (χ4v) is 5.46. The van der Waals surface area contributed by atoms with E-state index in [4.69, 9.17) is 0 Å². The molecule has 2 aromatic rings. The van der Waals surface area contributed by atoms with E-state index in [9.17, 15) is 13.2 Å². The highest BCUT2D eigenvalue weighted by Crippen LogP contribution is 2.41. The van der Waals surface area contributed by atoms with E-state index in [1.54, 1.807) is 24.3 Å². The van der Waals surface area contributed by atoms with Gasteiger partial charge in [0.2, 0.25) is 0 Å². The van der Waals surface area contributed by atoms with Crippen molar-refractivity contribution >= 4 is 38.1 Å². The van der Waals surface area contributed by atoms with Crippen LogP contribution in [0.2, 0.25) is 0 Å². The first-order chi connectivity index (χ1) is 12.5. The number of hydrazone groups is 1. The normalized spacial score (nSPS) is 22.7. The molecule has 0 radical (unpaired) electrons. The van der Waals surface area contributed by atoms with Crippen molar-refractivity contribution in [3.63, 3.8) is 0 Å². The predicted molar refractivity (Wildman–Crippen MR) is 102 cm³/mol. The van der Waals surface area contributed by atoms with Gasteiger partial charge in [0, 0.05) is 11.1 Å². The molecule has 136 valence electrons. The number of nitrogens with one attached hydrogen (secondary N) is 1. The van der Waals surface area contributed by atoms with E-state index in [2.05, 4.69) is 17.5 Å². The average molecular weight is 371 g/mol. The molecule has 6 nitrogen and oxygen atoms in total. The molecule has 4 rings (SSSR count). The minimum atomic E-state index is -3.72. The van der Waals surface area contributed by atoms with E-state index in [0.717, 1.165) is 30.4 Å². The lowest BCUT2D eigenvalue weighted by molar-refractivity contribution is -0.119. The highest BCUT2D eigenvalue weighted by atomic mass is 32.2. The van der Waals surface area contributed by atoms with Crippen LogP contribution >= 0.6 is 0 Å². The second-order valence-electron chi connectivity index (χ2n) is 7.06. The minimum Gasteiger partial charge on any atom is -0.271 e. The van der Waals surface area contributed by atoms with Crippen LogP contribution in [0.3, 0.4) is 0 Å². The monoisotopic (exact) mass is 371 g/mol. The first-order valence-electron chi connectivity index (χ1n) is 8.85. The molecule has 1 aliphatic heterocycles. The Morgan fingerprint density at radius 1 is 1.27 bits per heavy atom. The first kappa shape index (κ1) is 17.0. The molecule has 1 saturated carbocycles. The number of amides is 1. The Bertz CT molecular complexity index is 1010. The third-order valence-electron chi connectivity index (χ3n) is 5.05. The molecule has 7 heteroatoms. The molecule has 26 heavy (non-hydrogen) atoms. The number of nitrogens with zero attached hydrogens (tertiary/aromatic N) is 2. The minimum absolute atomic E-state index is 0.255. The molecular formula is C19H21N3O3S. The zero-order valence-corrected chi connectivity index (χ0v) is 15.4. The first-order valence-corrected chi connectivity index (χ1v) is 10.3. The molecule has 0 unspecified atom stereocenters. The molecular weight excluding hydrogens is 350 g/mol. The quantitative estimate of drug-likeness (QED) is 0.843. The van der Waals surface area contributed by atoms with Gasteiger partial charge in [-0.2, -0.15) is 5.10 Å². The Labute approximate surface area is 152 Å². The lowest BCUT2D eigenvalue weighted by Crippen LogP contribution is -2.37. The van der Waals surface area contributed by atoms with Gasteiger partial charge >= 0.3 is 0 Å². The maximum absolute atomic E-state index is 12.9. The molecule has 1 fully saturated rings. The van der Waals surface area contributed by atoms with Gasteiger partial charge in [0.1, 0.15) is 6.54 Å². The van der Waals surface area contributed by atoms with Gasteiger partial charge < -0.3 is 0 Å². The van der Waals surface area contributed by atoms with E-state index >= 15 is 0 Å². The Balaban J connectivity index is 1.56. The third-order valence-corrected chi connectivity index (χ3v) is 6.86. The van der Waals surface area contributed by atoms with Crippen LogP contribution in [0.4, 0.5) is 5.69 Å². The van der Waals surface area contributed by atoms with Gasteiger partial charge in [0.05, 0.1) is 10.6 Å². The fourth-order valence-electron chi connectivity index (χ4n) is 3.80. The summed E-state index contributed by atoms with van der Waals surface area (Å²) in [4.78, 5) is 12.6. The third kappa shape index (κ3) is 2.86.